The SMILES string of the molecule is CCOc1ccc(S(=O)(=O)N2CCc3c(ncn3CCc3ccccc3)C2)cc1. The molecule has 1 aliphatic rings. The second kappa shape index (κ2) is 8.39. The van der Waals surface area contributed by atoms with Crippen LogP contribution in [0.5, 0.6) is 5.75 Å². The number of hydrogen-bond donors (Lipinski definition) is 0. The molecule has 0 atom stereocenters. The van der Waals surface area contributed by atoms with Crippen molar-refractivity contribution in [2.24, 2.45) is 0 Å². The molecular formula is C22H25N3O3S. The first-order valence-electron chi connectivity index (χ1n) is 9.87. The highest BCUT2D eigenvalue weighted by Gasteiger charge is 2.30. The van der Waals surface area contributed by atoms with E-state index < -0.39 is 10.0 Å². The monoisotopic (exact) mass is 411 g/mol. The lowest BCUT2D eigenvalue weighted by Crippen LogP contribution is -2.36. The molecule has 0 saturated carbocycles. The number of sulfonamides is 1. The normalized spacial score (nSPS) is 14.5. The molecule has 0 aliphatic carbocycles. The first kappa shape index (κ1) is 19.7. The zero-order valence-corrected chi connectivity index (χ0v) is 17.3. The van der Waals surface area contributed by atoms with Gasteiger partial charge in [-0.15, -0.1) is 0 Å². The van der Waals surface area contributed by atoms with Crippen molar-refractivity contribution in [3.63, 3.8) is 0 Å². The molecule has 6 nitrogen and oxygen atoms in total. The Hall–Kier alpha value is -2.64. The van der Waals surface area contributed by atoms with Crippen LogP contribution in [-0.2, 0) is 36.0 Å². The van der Waals surface area contributed by atoms with Crippen LogP contribution in [0.15, 0.2) is 65.8 Å². The van der Waals surface area contributed by atoms with Gasteiger partial charge in [0, 0.05) is 25.2 Å². The van der Waals surface area contributed by atoms with E-state index in [1.807, 2.05) is 31.5 Å². The smallest absolute Gasteiger partial charge is 0.243 e. The summed E-state index contributed by atoms with van der Waals surface area (Å²) in [6.07, 6.45) is 3.43. The van der Waals surface area contributed by atoms with Crippen molar-refractivity contribution in [3.05, 3.63) is 77.9 Å². The first-order valence-corrected chi connectivity index (χ1v) is 11.3. The van der Waals surface area contributed by atoms with Crippen LogP contribution in [-0.4, -0.2) is 35.4 Å². The largest absolute Gasteiger partial charge is 0.494 e. The molecule has 0 spiro atoms. The van der Waals surface area contributed by atoms with Crippen LogP contribution < -0.4 is 4.74 Å². The van der Waals surface area contributed by atoms with Gasteiger partial charge in [0.25, 0.3) is 0 Å². The summed E-state index contributed by atoms with van der Waals surface area (Å²) < 4.78 is 35.1. The number of aromatic nitrogens is 2. The predicted octanol–water partition coefficient (Wildman–Crippen LogP) is 3.27. The molecule has 4 rings (SSSR count). The van der Waals surface area contributed by atoms with Gasteiger partial charge in [-0.3, -0.25) is 0 Å². The fourth-order valence-corrected chi connectivity index (χ4v) is 5.06. The lowest BCUT2D eigenvalue weighted by molar-refractivity contribution is 0.340. The molecule has 0 saturated heterocycles. The van der Waals surface area contributed by atoms with E-state index in [1.54, 1.807) is 24.3 Å². The quantitative estimate of drug-likeness (QED) is 0.599. The van der Waals surface area contributed by atoms with Crippen molar-refractivity contribution in [1.82, 2.24) is 13.9 Å². The van der Waals surface area contributed by atoms with E-state index >= 15 is 0 Å². The average molecular weight is 412 g/mol. The van der Waals surface area contributed by atoms with Crippen molar-refractivity contribution in [1.29, 1.82) is 0 Å². The summed E-state index contributed by atoms with van der Waals surface area (Å²) in [5, 5.41) is 0. The molecule has 0 bridgehead atoms. The molecule has 0 fully saturated rings. The van der Waals surface area contributed by atoms with E-state index in [9.17, 15) is 8.42 Å². The van der Waals surface area contributed by atoms with Gasteiger partial charge in [-0.2, -0.15) is 4.31 Å². The second-order valence-electron chi connectivity index (χ2n) is 7.06. The van der Waals surface area contributed by atoms with E-state index in [-0.39, 0.29) is 4.90 Å². The van der Waals surface area contributed by atoms with Crippen LogP contribution in [0.1, 0.15) is 23.9 Å². The molecular weight excluding hydrogens is 386 g/mol. The molecule has 29 heavy (non-hydrogen) atoms. The van der Waals surface area contributed by atoms with E-state index in [4.69, 9.17) is 4.74 Å². The molecule has 7 heteroatoms. The zero-order chi connectivity index (χ0) is 20.3. The van der Waals surface area contributed by atoms with Gasteiger partial charge in [0.05, 0.1) is 30.1 Å². The third-order valence-corrected chi connectivity index (χ3v) is 7.07. The maximum atomic E-state index is 13.0. The van der Waals surface area contributed by atoms with Gasteiger partial charge in [0.15, 0.2) is 0 Å². The highest BCUT2D eigenvalue weighted by atomic mass is 32.2. The van der Waals surface area contributed by atoms with Gasteiger partial charge in [0.1, 0.15) is 5.75 Å². The van der Waals surface area contributed by atoms with Crippen LogP contribution in [0.25, 0.3) is 0 Å². The number of imidazole rings is 1. The number of fused-ring (bicyclic) bond motifs is 1. The summed E-state index contributed by atoms with van der Waals surface area (Å²) in [6.45, 7) is 4.06. The first-order chi connectivity index (χ1) is 14.1. The van der Waals surface area contributed by atoms with Gasteiger partial charge < -0.3 is 9.30 Å². The summed E-state index contributed by atoms with van der Waals surface area (Å²) in [4.78, 5) is 4.79. The molecule has 0 unspecified atom stereocenters. The topological polar surface area (TPSA) is 64.4 Å². The Morgan fingerprint density at radius 1 is 1.07 bits per heavy atom. The Kier molecular flexibility index (Phi) is 5.69. The lowest BCUT2D eigenvalue weighted by atomic mass is 10.1. The van der Waals surface area contributed by atoms with Gasteiger partial charge >= 0.3 is 0 Å². The van der Waals surface area contributed by atoms with Crippen molar-refractivity contribution < 1.29 is 13.2 Å². The fraction of sp³-hybridized carbons (Fsp3) is 0.318. The van der Waals surface area contributed by atoms with E-state index in [0.29, 0.717) is 31.9 Å². The van der Waals surface area contributed by atoms with Crippen molar-refractivity contribution >= 4 is 10.0 Å². The highest BCUT2D eigenvalue weighted by Crippen LogP contribution is 2.26. The molecule has 2 aromatic carbocycles. The number of ether oxygens (including phenoxy) is 1. The molecule has 1 aliphatic heterocycles. The number of benzene rings is 2. The lowest BCUT2D eigenvalue weighted by Gasteiger charge is -2.26. The summed E-state index contributed by atoms with van der Waals surface area (Å²) in [6, 6.07) is 17.0. The number of nitrogens with zero attached hydrogens (tertiary/aromatic N) is 3. The van der Waals surface area contributed by atoms with E-state index in [0.717, 1.165) is 24.4 Å². The summed E-state index contributed by atoms with van der Waals surface area (Å²) in [7, 11) is -3.55. The second-order valence-corrected chi connectivity index (χ2v) is 9.00. The third-order valence-electron chi connectivity index (χ3n) is 5.21. The van der Waals surface area contributed by atoms with Crippen LogP contribution in [0, 0.1) is 0 Å². The molecule has 0 N–H and O–H groups in total. The standard InChI is InChI=1S/C22H25N3O3S/c1-2-28-19-8-10-20(11-9-19)29(26,27)25-15-13-22-21(16-25)23-17-24(22)14-12-18-6-4-3-5-7-18/h3-11,17H,2,12-16H2,1H3. The maximum Gasteiger partial charge on any atom is 0.243 e. The Balaban J connectivity index is 1.46. The van der Waals surface area contributed by atoms with Crippen molar-refractivity contribution in [2.45, 2.75) is 37.8 Å². The minimum Gasteiger partial charge on any atom is -0.494 e. The van der Waals surface area contributed by atoms with E-state index in [2.05, 4.69) is 21.7 Å². The van der Waals surface area contributed by atoms with Crippen LogP contribution in [0.2, 0.25) is 0 Å². The molecule has 0 amide bonds. The van der Waals surface area contributed by atoms with Gasteiger partial charge in [0.2, 0.25) is 10.0 Å². The van der Waals surface area contributed by atoms with Gasteiger partial charge in [-0.25, -0.2) is 13.4 Å². The Labute approximate surface area is 171 Å². The summed E-state index contributed by atoms with van der Waals surface area (Å²) >= 11 is 0. The number of aryl methyl sites for hydroxylation is 2. The van der Waals surface area contributed by atoms with E-state index in [1.165, 1.54) is 9.87 Å². The predicted molar refractivity (Wildman–Crippen MR) is 111 cm³/mol. The van der Waals surface area contributed by atoms with Crippen LogP contribution in [0.3, 0.4) is 0 Å². The minimum absolute atomic E-state index is 0.285. The average Bonchev–Trinajstić information content (AvgIpc) is 3.16. The molecule has 3 aromatic rings. The molecule has 1 aromatic heterocycles. The van der Waals surface area contributed by atoms with Gasteiger partial charge in [-0.05, 0) is 43.2 Å². The minimum atomic E-state index is -3.55. The fourth-order valence-electron chi connectivity index (χ4n) is 3.66. The highest BCUT2D eigenvalue weighted by molar-refractivity contribution is 7.89. The molecule has 0 radical (unpaired) electrons. The zero-order valence-electron chi connectivity index (χ0n) is 16.5. The van der Waals surface area contributed by atoms with Crippen LogP contribution in [0.4, 0.5) is 0 Å². The maximum absolute atomic E-state index is 13.0. The van der Waals surface area contributed by atoms with Crippen molar-refractivity contribution in [3.8, 4) is 5.75 Å². The molecule has 152 valence electrons. The van der Waals surface area contributed by atoms with Gasteiger partial charge in [-0.1, -0.05) is 30.3 Å². The number of hydrogen-bond acceptors (Lipinski definition) is 4. The molecule has 2 heterocycles. The Bertz CT molecular complexity index is 1060. The summed E-state index contributed by atoms with van der Waals surface area (Å²) in [5.41, 5.74) is 3.27. The van der Waals surface area contributed by atoms with Crippen molar-refractivity contribution in [2.75, 3.05) is 13.2 Å². The Morgan fingerprint density at radius 3 is 2.55 bits per heavy atom. The summed E-state index contributed by atoms with van der Waals surface area (Å²) in [5.74, 6) is 0.671. The number of rotatable bonds is 7. The Morgan fingerprint density at radius 2 is 1.83 bits per heavy atom. The van der Waals surface area contributed by atoms with Crippen LogP contribution >= 0.6 is 0 Å². The third kappa shape index (κ3) is 4.21.